The van der Waals surface area contributed by atoms with Crippen LogP contribution in [0.5, 0.6) is 0 Å². The van der Waals surface area contributed by atoms with E-state index in [0.717, 1.165) is 18.8 Å². The van der Waals surface area contributed by atoms with Gasteiger partial charge in [0.05, 0.1) is 18.8 Å². The molecular formula is C15H29NO2. The van der Waals surface area contributed by atoms with Crippen molar-refractivity contribution in [2.75, 3.05) is 13.7 Å². The number of rotatable bonds is 6. The Hall–Kier alpha value is -0.120. The second-order valence-electron chi connectivity index (χ2n) is 6.09. The quantitative estimate of drug-likeness (QED) is 0.766. The Bertz CT molecular complexity index is 229. The molecule has 2 aliphatic rings. The van der Waals surface area contributed by atoms with Crippen molar-refractivity contribution in [2.45, 2.75) is 76.0 Å². The Morgan fingerprint density at radius 1 is 1.11 bits per heavy atom. The fourth-order valence-corrected chi connectivity index (χ4v) is 3.56. The van der Waals surface area contributed by atoms with Crippen LogP contribution in [-0.2, 0) is 4.74 Å². The maximum atomic E-state index is 10.1. The summed E-state index contributed by atoms with van der Waals surface area (Å²) in [6, 6.07) is 0.484. The first-order valence-corrected chi connectivity index (χ1v) is 7.76. The van der Waals surface area contributed by atoms with Gasteiger partial charge in [-0.05, 0) is 32.2 Å². The lowest BCUT2D eigenvalue weighted by atomic mass is 9.92. The fraction of sp³-hybridized carbons (Fsp3) is 1.00. The van der Waals surface area contributed by atoms with Crippen LogP contribution in [0.4, 0.5) is 0 Å². The van der Waals surface area contributed by atoms with Crippen molar-refractivity contribution in [3.8, 4) is 0 Å². The molecule has 2 fully saturated rings. The summed E-state index contributed by atoms with van der Waals surface area (Å²) in [5.74, 6) is 0.745. The van der Waals surface area contributed by atoms with E-state index in [-0.39, 0.29) is 6.10 Å². The predicted molar refractivity (Wildman–Crippen MR) is 73.6 cm³/mol. The van der Waals surface area contributed by atoms with Gasteiger partial charge in [-0.25, -0.2) is 0 Å². The van der Waals surface area contributed by atoms with Crippen molar-refractivity contribution in [2.24, 2.45) is 5.92 Å². The molecule has 0 saturated heterocycles. The smallest absolute Gasteiger partial charge is 0.0776 e. The van der Waals surface area contributed by atoms with Gasteiger partial charge in [-0.2, -0.15) is 0 Å². The summed E-state index contributed by atoms with van der Waals surface area (Å²) in [7, 11) is 2.02. The van der Waals surface area contributed by atoms with E-state index in [9.17, 15) is 5.11 Å². The molecule has 2 aliphatic carbocycles. The molecule has 2 saturated carbocycles. The lowest BCUT2D eigenvalue weighted by Crippen LogP contribution is -2.42. The van der Waals surface area contributed by atoms with Crippen molar-refractivity contribution in [3.05, 3.63) is 0 Å². The first kappa shape index (κ1) is 14.3. The fourth-order valence-electron chi connectivity index (χ4n) is 3.56. The van der Waals surface area contributed by atoms with Crippen molar-refractivity contribution in [3.63, 3.8) is 0 Å². The van der Waals surface area contributed by atoms with Gasteiger partial charge in [-0.15, -0.1) is 0 Å². The number of aliphatic hydroxyl groups is 1. The molecule has 0 radical (unpaired) electrons. The van der Waals surface area contributed by atoms with Crippen LogP contribution in [0.1, 0.15) is 57.8 Å². The van der Waals surface area contributed by atoms with E-state index in [0.29, 0.717) is 18.8 Å². The molecule has 0 heterocycles. The molecular weight excluding hydrogens is 226 g/mol. The number of likely N-dealkylation sites (N-methyl/N-ethyl adjacent to an activating group) is 1. The van der Waals surface area contributed by atoms with Crippen molar-refractivity contribution in [1.82, 2.24) is 5.32 Å². The van der Waals surface area contributed by atoms with E-state index < -0.39 is 0 Å². The van der Waals surface area contributed by atoms with Crippen LogP contribution in [0.25, 0.3) is 0 Å². The number of hydrogen-bond donors (Lipinski definition) is 2. The van der Waals surface area contributed by atoms with Crippen LogP contribution in [0.15, 0.2) is 0 Å². The molecule has 3 heteroatoms. The highest BCUT2D eigenvalue weighted by Gasteiger charge is 2.26. The zero-order valence-electron chi connectivity index (χ0n) is 11.7. The molecule has 3 atom stereocenters. The predicted octanol–water partition coefficient (Wildman–Crippen LogP) is 2.47. The molecule has 18 heavy (non-hydrogen) atoms. The minimum atomic E-state index is -0.257. The lowest BCUT2D eigenvalue weighted by Gasteiger charge is -2.32. The number of hydrogen-bond acceptors (Lipinski definition) is 3. The molecule has 0 aromatic carbocycles. The molecule has 2 N–H and O–H groups in total. The summed E-state index contributed by atoms with van der Waals surface area (Å²) in [4.78, 5) is 0. The number of ether oxygens (including phenoxy) is 1. The molecule has 106 valence electrons. The van der Waals surface area contributed by atoms with Crippen LogP contribution in [0, 0.1) is 5.92 Å². The van der Waals surface area contributed by atoms with Gasteiger partial charge < -0.3 is 15.2 Å². The lowest BCUT2D eigenvalue weighted by molar-refractivity contribution is -0.0425. The van der Waals surface area contributed by atoms with Gasteiger partial charge in [0, 0.05) is 6.04 Å². The molecule has 2 rings (SSSR count). The maximum absolute atomic E-state index is 10.1. The minimum absolute atomic E-state index is 0.257. The molecule has 0 aromatic heterocycles. The monoisotopic (exact) mass is 255 g/mol. The number of nitrogens with one attached hydrogen (secondary N) is 1. The maximum Gasteiger partial charge on any atom is 0.0776 e. The van der Waals surface area contributed by atoms with Gasteiger partial charge in [0.2, 0.25) is 0 Å². The van der Waals surface area contributed by atoms with Gasteiger partial charge >= 0.3 is 0 Å². The molecule has 0 bridgehead atoms. The molecule has 0 aromatic rings. The standard InChI is InChI=1S/C15H29NO2/c1-16-14-8-4-5-9-15(14)18-11-13(17)10-12-6-2-3-7-12/h12-17H,2-11H2,1H3. The highest BCUT2D eigenvalue weighted by atomic mass is 16.5. The SMILES string of the molecule is CNC1CCCCC1OCC(O)CC1CCCC1. The van der Waals surface area contributed by atoms with Gasteiger partial charge in [-0.3, -0.25) is 0 Å². The van der Waals surface area contributed by atoms with Gasteiger partial charge in [-0.1, -0.05) is 38.5 Å². The van der Waals surface area contributed by atoms with Crippen LogP contribution in [0.2, 0.25) is 0 Å². The second kappa shape index (κ2) is 7.46. The minimum Gasteiger partial charge on any atom is -0.391 e. The first-order valence-electron chi connectivity index (χ1n) is 7.76. The average molecular weight is 255 g/mol. The third-order valence-corrected chi connectivity index (χ3v) is 4.66. The Labute approximate surface area is 111 Å². The topological polar surface area (TPSA) is 41.5 Å². The van der Waals surface area contributed by atoms with Crippen LogP contribution in [0.3, 0.4) is 0 Å². The zero-order chi connectivity index (χ0) is 12.8. The van der Waals surface area contributed by atoms with Crippen LogP contribution in [-0.4, -0.2) is 37.0 Å². The summed E-state index contributed by atoms with van der Waals surface area (Å²) in [5.41, 5.74) is 0. The molecule has 0 aliphatic heterocycles. The van der Waals surface area contributed by atoms with Gasteiger partial charge in [0.15, 0.2) is 0 Å². The Kier molecular flexibility index (Phi) is 5.93. The average Bonchev–Trinajstić information content (AvgIpc) is 2.89. The van der Waals surface area contributed by atoms with E-state index in [1.165, 1.54) is 44.9 Å². The van der Waals surface area contributed by atoms with E-state index in [4.69, 9.17) is 4.74 Å². The summed E-state index contributed by atoms with van der Waals surface area (Å²) in [6.45, 7) is 0.527. The highest BCUT2D eigenvalue weighted by molar-refractivity contribution is 4.81. The summed E-state index contributed by atoms with van der Waals surface area (Å²) < 4.78 is 5.95. The van der Waals surface area contributed by atoms with E-state index in [1.807, 2.05) is 7.05 Å². The second-order valence-corrected chi connectivity index (χ2v) is 6.09. The van der Waals surface area contributed by atoms with Crippen molar-refractivity contribution in [1.29, 1.82) is 0 Å². The van der Waals surface area contributed by atoms with Crippen molar-refractivity contribution < 1.29 is 9.84 Å². The first-order chi connectivity index (χ1) is 8.79. The zero-order valence-corrected chi connectivity index (χ0v) is 11.7. The van der Waals surface area contributed by atoms with E-state index >= 15 is 0 Å². The largest absolute Gasteiger partial charge is 0.391 e. The Morgan fingerprint density at radius 3 is 2.50 bits per heavy atom. The van der Waals surface area contributed by atoms with Gasteiger partial charge in [0.25, 0.3) is 0 Å². The Morgan fingerprint density at radius 2 is 1.78 bits per heavy atom. The molecule has 0 spiro atoms. The highest BCUT2D eigenvalue weighted by Crippen LogP contribution is 2.29. The number of aliphatic hydroxyl groups excluding tert-OH is 1. The third-order valence-electron chi connectivity index (χ3n) is 4.66. The van der Waals surface area contributed by atoms with Gasteiger partial charge in [0.1, 0.15) is 0 Å². The van der Waals surface area contributed by atoms with Crippen LogP contribution < -0.4 is 5.32 Å². The molecule has 3 nitrogen and oxygen atoms in total. The normalized spacial score (nSPS) is 31.7. The Balaban J connectivity index is 1.65. The van der Waals surface area contributed by atoms with Crippen LogP contribution >= 0.6 is 0 Å². The van der Waals surface area contributed by atoms with Crippen molar-refractivity contribution >= 4 is 0 Å². The van der Waals surface area contributed by atoms with E-state index in [2.05, 4.69) is 5.32 Å². The summed E-state index contributed by atoms with van der Waals surface area (Å²) >= 11 is 0. The summed E-state index contributed by atoms with van der Waals surface area (Å²) in [6.07, 6.45) is 11.2. The summed E-state index contributed by atoms with van der Waals surface area (Å²) in [5, 5.41) is 13.4. The van der Waals surface area contributed by atoms with E-state index in [1.54, 1.807) is 0 Å². The molecule has 0 amide bonds. The molecule has 3 unspecified atom stereocenters. The third kappa shape index (κ3) is 4.22.